The van der Waals surface area contributed by atoms with Crippen molar-refractivity contribution in [1.82, 2.24) is 15.8 Å². The lowest BCUT2D eigenvalue weighted by Crippen LogP contribution is -2.45. The van der Waals surface area contributed by atoms with Gasteiger partial charge in [0.25, 0.3) is 5.91 Å². The Balaban J connectivity index is 1.61. The molecule has 0 spiro atoms. The van der Waals surface area contributed by atoms with E-state index in [2.05, 4.69) is 15.8 Å². The zero-order valence-electron chi connectivity index (χ0n) is 12.0. The van der Waals surface area contributed by atoms with Gasteiger partial charge in [0.15, 0.2) is 0 Å². The number of pyridine rings is 1. The van der Waals surface area contributed by atoms with E-state index in [9.17, 15) is 9.59 Å². The van der Waals surface area contributed by atoms with E-state index in [1.54, 1.807) is 6.07 Å². The van der Waals surface area contributed by atoms with Gasteiger partial charge in [-0.15, -0.1) is 0 Å². The molecular weight excluding hydrogens is 282 g/mol. The fourth-order valence-electron chi connectivity index (χ4n) is 2.44. The number of benzene rings is 1. The Morgan fingerprint density at radius 1 is 1.05 bits per heavy atom. The van der Waals surface area contributed by atoms with E-state index in [0.29, 0.717) is 26.1 Å². The number of nitrogens with zero attached hydrogens (tertiary/aromatic N) is 1. The number of nitrogens with one attached hydrogen (secondary N) is 2. The monoisotopic (exact) mass is 299 g/mol. The maximum Gasteiger partial charge on any atom is 0.288 e. The summed E-state index contributed by atoms with van der Waals surface area (Å²) in [4.78, 5) is 28.3. The molecule has 1 aromatic carbocycles. The molecule has 1 aliphatic heterocycles. The Morgan fingerprint density at radius 3 is 2.64 bits per heavy atom. The first kappa shape index (κ1) is 14.5. The number of carbonyl (C=O) groups is 2. The fraction of sp³-hybridized carbons (Fsp3) is 0.312. The van der Waals surface area contributed by atoms with Crippen LogP contribution in [0.4, 0.5) is 0 Å². The van der Waals surface area contributed by atoms with E-state index in [-0.39, 0.29) is 17.5 Å². The molecule has 1 aromatic heterocycles. The number of ether oxygens (including phenoxy) is 1. The highest BCUT2D eigenvalue weighted by molar-refractivity contribution is 5.96. The summed E-state index contributed by atoms with van der Waals surface area (Å²) in [5.41, 5.74) is 5.89. The number of rotatable bonds is 2. The first-order valence-corrected chi connectivity index (χ1v) is 7.28. The van der Waals surface area contributed by atoms with Crippen molar-refractivity contribution >= 4 is 22.7 Å². The van der Waals surface area contributed by atoms with Gasteiger partial charge in [-0.3, -0.25) is 20.4 Å². The molecule has 2 amide bonds. The molecule has 3 rings (SSSR count). The van der Waals surface area contributed by atoms with Crippen LogP contribution in [0.15, 0.2) is 36.4 Å². The molecule has 0 unspecified atom stereocenters. The number of fused-ring (bicyclic) bond motifs is 1. The van der Waals surface area contributed by atoms with Crippen molar-refractivity contribution in [2.45, 2.75) is 12.8 Å². The van der Waals surface area contributed by atoms with Gasteiger partial charge in [-0.05, 0) is 25.0 Å². The van der Waals surface area contributed by atoms with Crippen molar-refractivity contribution in [2.24, 2.45) is 5.92 Å². The molecule has 6 heteroatoms. The van der Waals surface area contributed by atoms with Crippen molar-refractivity contribution in [3.8, 4) is 0 Å². The number of hydrogen-bond donors (Lipinski definition) is 2. The topological polar surface area (TPSA) is 80.3 Å². The van der Waals surface area contributed by atoms with Gasteiger partial charge in [-0.25, -0.2) is 4.98 Å². The third-order valence-electron chi connectivity index (χ3n) is 3.72. The second-order valence-corrected chi connectivity index (χ2v) is 5.22. The zero-order chi connectivity index (χ0) is 15.4. The summed E-state index contributed by atoms with van der Waals surface area (Å²) in [5, 5.41) is 0.963. The van der Waals surface area contributed by atoms with E-state index in [1.807, 2.05) is 30.3 Å². The van der Waals surface area contributed by atoms with E-state index in [0.717, 1.165) is 10.9 Å². The van der Waals surface area contributed by atoms with Gasteiger partial charge in [0, 0.05) is 24.5 Å². The maximum atomic E-state index is 12.1. The van der Waals surface area contributed by atoms with Crippen molar-refractivity contribution in [1.29, 1.82) is 0 Å². The van der Waals surface area contributed by atoms with Crippen LogP contribution >= 0.6 is 0 Å². The van der Waals surface area contributed by atoms with Gasteiger partial charge in [0.2, 0.25) is 5.91 Å². The standard InChI is InChI=1S/C16H17N3O3/c20-15(12-7-9-22-10-8-12)18-19-16(21)14-6-5-11-3-1-2-4-13(11)17-14/h1-6,12H,7-10H2,(H,18,20)(H,19,21). The lowest BCUT2D eigenvalue weighted by Gasteiger charge is -2.21. The van der Waals surface area contributed by atoms with Crippen LogP contribution in [0.25, 0.3) is 10.9 Å². The Bertz CT molecular complexity index is 696. The van der Waals surface area contributed by atoms with Crippen LogP contribution in [-0.4, -0.2) is 30.0 Å². The lowest BCUT2D eigenvalue weighted by molar-refractivity contribution is -0.128. The summed E-state index contributed by atoms with van der Waals surface area (Å²) in [6, 6.07) is 11.0. The van der Waals surface area contributed by atoms with Crippen molar-refractivity contribution in [3.05, 3.63) is 42.1 Å². The average Bonchev–Trinajstić information content (AvgIpc) is 2.59. The van der Waals surface area contributed by atoms with Crippen molar-refractivity contribution in [2.75, 3.05) is 13.2 Å². The van der Waals surface area contributed by atoms with Crippen LogP contribution in [-0.2, 0) is 9.53 Å². The summed E-state index contributed by atoms with van der Waals surface area (Å²) < 4.78 is 5.21. The molecule has 6 nitrogen and oxygen atoms in total. The second kappa shape index (κ2) is 6.53. The fourth-order valence-corrected chi connectivity index (χ4v) is 2.44. The summed E-state index contributed by atoms with van der Waals surface area (Å²) >= 11 is 0. The number of hydrogen-bond acceptors (Lipinski definition) is 4. The normalized spacial score (nSPS) is 15.5. The third kappa shape index (κ3) is 3.23. The van der Waals surface area contributed by atoms with E-state index in [4.69, 9.17) is 4.74 Å². The molecule has 0 atom stereocenters. The Labute approximate surface area is 127 Å². The molecule has 1 saturated heterocycles. The van der Waals surface area contributed by atoms with Crippen LogP contribution in [0.2, 0.25) is 0 Å². The van der Waals surface area contributed by atoms with Crippen molar-refractivity contribution < 1.29 is 14.3 Å². The lowest BCUT2D eigenvalue weighted by atomic mass is 10.00. The molecular formula is C16H17N3O3. The van der Waals surface area contributed by atoms with Crippen LogP contribution in [0.3, 0.4) is 0 Å². The summed E-state index contributed by atoms with van der Waals surface area (Å²) in [7, 11) is 0. The van der Waals surface area contributed by atoms with Gasteiger partial charge in [0.05, 0.1) is 5.52 Å². The summed E-state index contributed by atoms with van der Waals surface area (Å²) in [5.74, 6) is -0.720. The van der Waals surface area contributed by atoms with E-state index < -0.39 is 5.91 Å². The first-order valence-electron chi connectivity index (χ1n) is 7.28. The molecule has 114 valence electrons. The average molecular weight is 299 g/mol. The molecule has 2 N–H and O–H groups in total. The highest BCUT2D eigenvalue weighted by Gasteiger charge is 2.22. The third-order valence-corrected chi connectivity index (χ3v) is 3.72. The minimum Gasteiger partial charge on any atom is -0.381 e. The number of aromatic nitrogens is 1. The number of para-hydroxylation sites is 1. The molecule has 0 saturated carbocycles. The molecule has 1 fully saturated rings. The van der Waals surface area contributed by atoms with Gasteiger partial charge in [-0.1, -0.05) is 24.3 Å². The minimum absolute atomic E-state index is 0.112. The van der Waals surface area contributed by atoms with Crippen LogP contribution in [0.5, 0.6) is 0 Å². The zero-order valence-corrected chi connectivity index (χ0v) is 12.0. The van der Waals surface area contributed by atoms with Crippen molar-refractivity contribution in [3.63, 3.8) is 0 Å². The number of hydrazine groups is 1. The minimum atomic E-state index is -0.425. The molecule has 22 heavy (non-hydrogen) atoms. The predicted octanol–water partition coefficient (Wildman–Crippen LogP) is 1.42. The number of amides is 2. The van der Waals surface area contributed by atoms with Crippen LogP contribution in [0.1, 0.15) is 23.3 Å². The molecule has 2 aromatic rings. The van der Waals surface area contributed by atoms with E-state index in [1.165, 1.54) is 0 Å². The van der Waals surface area contributed by atoms with E-state index >= 15 is 0 Å². The summed E-state index contributed by atoms with van der Waals surface area (Å²) in [6.07, 6.45) is 1.35. The van der Waals surface area contributed by atoms with Gasteiger partial charge in [0.1, 0.15) is 5.69 Å². The first-order chi connectivity index (χ1) is 10.7. The molecule has 2 heterocycles. The van der Waals surface area contributed by atoms with Gasteiger partial charge < -0.3 is 4.74 Å². The molecule has 0 radical (unpaired) electrons. The SMILES string of the molecule is O=C(NNC(=O)C1CCOCC1)c1ccc2ccccc2n1. The highest BCUT2D eigenvalue weighted by atomic mass is 16.5. The smallest absolute Gasteiger partial charge is 0.288 e. The summed E-state index contributed by atoms with van der Waals surface area (Å²) in [6.45, 7) is 1.16. The van der Waals surface area contributed by atoms with Crippen LogP contribution in [0, 0.1) is 5.92 Å². The van der Waals surface area contributed by atoms with Crippen LogP contribution < -0.4 is 10.9 Å². The largest absolute Gasteiger partial charge is 0.381 e. The Morgan fingerprint density at radius 2 is 1.82 bits per heavy atom. The molecule has 0 bridgehead atoms. The Hall–Kier alpha value is -2.47. The number of carbonyl (C=O) groups excluding carboxylic acids is 2. The highest BCUT2D eigenvalue weighted by Crippen LogP contribution is 2.14. The second-order valence-electron chi connectivity index (χ2n) is 5.22. The predicted molar refractivity (Wildman–Crippen MR) is 80.9 cm³/mol. The van der Waals surface area contributed by atoms with Gasteiger partial charge >= 0.3 is 0 Å². The molecule has 0 aliphatic carbocycles. The molecule has 1 aliphatic rings. The quantitative estimate of drug-likeness (QED) is 0.822. The van der Waals surface area contributed by atoms with Gasteiger partial charge in [-0.2, -0.15) is 0 Å². The maximum absolute atomic E-state index is 12.1. The Kier molecular flexibility index (Phi) is 4.29.